The maximum atomic E-state index is 12.0. The summed E-state index contributed by atoms with van der Waals surface area (Å²) in [5.41, 5.74) is 3.25. The normalized spacial score (nSPS) is 12.1. The lowest BCUT2D eigenvalue weighted by Gasteiger charge is -2.15. The van der Waals surface area contributed by atoms with E-state index in [2.05, 4.69) is 5.32 Å². The summed E-state index contributed by atoms with van der Waals surface area (Å²) in [5, 5.41) is 12.9. The van der Waals surface area contributed by atoms with Gasteiger partial charge in [-0.25, -0.2) is 9.59 Å². The molecule has 1 aromatic heterocycles. The van der Waals surface area contributed by atoms with Crippen molar-refractivity contribution < 1.29 is 19.1 Å². The number of nitrogens with one attached hydrogen (secondary N) is 1. The molecule has 0 amide bonds. The highest BCUT2D eigenvalue weighted by Crippen LogP contribution is 2.31. The molecule has 0 radical (unpaired) electrons. The second kappa shape index (κ2) is 7.41. The van der Waals surface area contributed by atoms with Crippen molar-refractivity contribution >= 4 is 22.6 Å². The Hall–Kier alpha value is -3.12. The lowest BCUT2D eigenvalue weighted by molar-refractivity contribution is -0.139. The fraction of sp³-hybridized carbons (Fsp3) is 0.200. The van der Waals surface area contributed by atoms with Crippen molar-refractivity contribution in [3.05, 3.63) is 64.5 Å². The summed E-state index contributed by atoms with van der Waals surface area (Å²) in [6.45, 7) is 1.99. The van der Waals surface area contributed by atoms with Crippen molar-refractivity contribution in [3.8, 4) is 11.1 Å². The van der Waals surface area contributed by atoms with E-state index < -0.39 is 17.6 Å². The van der Waals surface area contributed by atoms with Crippen LogP contribution in [0, 0.1) is 6.92 Å². The van der Waals surface area contributed by atoms with E-state index >= 15 is 0 Å². The van der Waals surface area contributed by atoms with Gasteiger partial charge in [-0.05, 0) is 30.2 Å². The minimum atomic E-state index is -1.03. The fourth-order valence-corrected chi connectivity index (χ4v) is 2.89. The van der Waals surface area contributed by atoms with Crippen LogP contribution >= 0.6 is 0 Å². The molecular weight excluding hydrogens is 334 g/mol. The van der Waals surface area contributed by atoms with Crippen LogP contribution in [0.4, 0.5) is 5.69 Å². The largest absolute Gasteiger partial charge is 0.480 e. The summed E-state index contributed by atoms with van der Waals surface area (Å²) >= 11 is 0. The van der Waals surface area contributed by atoms with E-state index in [1.54, 1.807) is 12.1 Å². The van der Waals surface area contributed by atoms with Gasteiger partial charge in [0.05, 0.1) is 6.61 Å². The molecule has 3 rings (SSSR count). The molecule has 0 bridgehead atoms. The van der Waals surface area contributed by atoms with Crippen LogP contribution in [0.3, 0.4) is 0 Å². The Morgan fingerprint density at radius 3 is 2.65 bits per heavy atom. The average Bonchev–Trinajstić information content (AvgIpc) is 2.60. The molecule has 134 valence electrons. The van der Waals surface area contributed by atoms with E-state index in [9.17, 15) is 14.7 Å². The van der Waals surface area contributed by atoms with Crippen molar-refractivity contribution in [3.63, 3.8) is 0 Å². The third kappa shape index (κ3) is 3.60. The Labute approximate surface area is 150 Å². The summed E-state index contributed by atoms with van der Waals surface area (Å²) in [4.78, 5) is 23.3. The first-order chi connectivity index (χ1) is 12.5. The Morgan fingerprint density at radius 1 is 1.19 bits per heavy atom. The number of carboxylic acid groups (broad SMARTS) is 1. The zero-order valence-electron chi connectivity index (χ0n) is 14.5. The number of benzene rings is 2. The number of ether oxygens (including phenoxy) is 1. The molecule has 0 aliphatic heterocycles. The molecule has 0 spiro atoms. The number of methoxy groups -OCH3 is 1. The zero-order valence-corrected chi connectivity index (χ0v) is 14.5. The minimum absolute atomic E-state index is 0.0145. The standard InChI is InChI=1S/C20H19NO5/c1-12-5-3-4-6-14(12)16-10-19(22)26-18-9-13(7-8-15(16)18)21-17(11-25-2)20(23)24/h3-10,17,21H,11H2,1-2H3,(H,23,24). The van der Waals surface area contributed by atoms with Crippen LogP contribution in [0.15, 0.2) is 57.7 Å². The number of fused-ring (bicyclic) bond motifs is 1. The van der Waals surface area contributed by atoms with Gasteiger partial charge in [0, 0.05) is 35.9 Å². The molecule has 0 fully saturated rings. The Kier molecular flexibility index (Phi) is 5.04. The molecule has 1 unspecified atom stereocenters. The van der Waals surface area contributed by atoms with Crippen LogP contribution in [0.2, 0.25) is 0 Å². The van der Waals surface area contributed by atoms with Crippen molar-refractivity contribution in [1.29, 1.82) is 0 Å². The van der Waals surface area contributed by atoms with Crippen LogP contribution < -0.4 is 10.9 Å². The third-order valence-electron chi connectivity index (χ3n) is 4.15. The van der Waals surface area contributed by atoms with Gasteiger partial charge in [0.2, 0.25) is 0 Å². The van der Waals surface area contributed by atoms with E-state index in [0.29, 0.717) is 11.3 Å². The number of aliphatic carboxylic acids is 1. The molecule has 26 heavy (non-hydrogen) atoms. The van der Waals surface area contributed by atoms with Crippen molar-refractivity contribution in [2.24, 2.45) is 0 Å². The van der Waals surface area contributed by atoms with Crippen LogP contribution in [0.25, 0.3) is 22.1 Å². The van der Waals surface area contributed by atoms with Gasteiger partial charge in [-0.3, -0.25) is 0 Å². The Bertz CT molecular complexity index is 1010. The highest BCUT2D eigenvalue weighted by atomic mass is 16.5. The second-order valence-corrected chi connectivity index (χ2v) is 6.00. The third-order valence-corrected chi connectivity index (χ3v) is 4.15. The van der Waals surface area contributed by atoms with Gasteiger partial charge in [-0.1, -0.05) is 24.3 Å². The lowest BCUT2D eigenvalue weighted by atomic mass is 9.98. The van der Waals surface area contributed by atoms with Gasteiger partial charge < -0.3 is 19.6 Å². The molecule has 6 heteroatoms. The molecule has 0 saturated carbocycles. The highest BCUT2D eigenvalue weighted by Gasteiger charge is 2.17. The van der Waals surface area contributed by atoms with E-state index in [-0.39, 0.29) is 6.61 Å². The SMILES string of the molecule is COCC(Nc1ccc2c(-c3ccccc3C)cc(=O)oc2c1)C(=O)O. The van der Waals surface area contributed by atoms with Crippen LogP contribution in [0.5, 0.6) is 0 Å². The topological polar surface area (TPSA) is 88.8 Å². The van der Waals surface area contributed by atoms with E-state index in [1.165, 1.54) is 13.2 Å². The summed E-state index contributed by atoms with van der Waals surface area (Å²) in [6.07, 6.45) is 0. The lowest BCUT2D eigenvalue weighted by Crippen LogP contribution is -2.33. The van der Waals surface area contributed by atoms with Gasteiger partial charge in [-0.2, -0.15) is 0 Å². The molecule has 2 N–H and O–H groups in total. The maximum absolute atomic E-state index is 12.0. The predicted octanol–water partition coefficient (Wildman–Crippen LogP) is 3.28. The first-order valence-corrected chi connectivity index (χ1v) is 8.12. The molecule has 0 saturated heterocycles. The monoisotopic (exact) mass is 353 g/mol. The number of carbonyl (C=O) groups is 1. The van der Waals surface area contributed by atoms with Gasteiger partial charge in [0.1, 0.15) is 11.6 Å². The molecule has 1 atom stereocenters. The number of hydrogen-bond donors (Lipinski definition) is 2. The molecule has 1 heterocycles. The maximum Gasteiger partial charge on any atom is 0.336 e. The van der Waals surface area contributed by atoms with Gasteiger partial charge in [0.15, 0.2) is 0 Å². The number of carboxylic acids is 1. The fourth-order valence-electron chi connectivity index (χ4n) is 2.89. The number of hydrogen-bond acceptors (Lipinski definition) is 5. The number of aryl methyl sites for hydroxylation is 1. The average molecular weight is 353 g/mol. The van der Waals surface area contributed by atoms with E-state index in [1.807, 2.05) is 37.3 Å². The summed E-state index contributed by atoms with van der Waals surface area (Å²) < 4.78 is 10.2. The van der Waals surface area contributed by atoms with E-state index in [4.69, 9.17) is 9.15 Å². The Morgan fingerprint density at radius 2 is 1.96 bits per heavy atom. The van der Waals surface area contributed by atoms with Gasteiger partial charge >= 0.3 is 11.6 Å². The molecule has 0 aliphatic rings. The molecule has 2 aromatic carbocycles. The molecule has 3 aromatic rings. The molecular formula is C20H19NO5. The van der Waals surface area contributed by atoms with Crippen LogP contribution in [-0.2, 0) is 9.53 Å². The first-order valence-electron chi connectivity index (χ1n) is 8.12. The zero-order chi connectivity index (χ0) is 18.7. The summed E-state index contributed by atoms with van der Waals surface area (Å²) in [7, 11) is 1.44. The number of anilines is 1. The predicted molar refractivity (Wildman–Crippen MR) is 99.6 cm³/mol. The highest BCUT2D eigenvalue weighted by molar-refractivity contribution is 5.95. The summed E-state index contributed by atoms with van der Waals surface area (Å²) in [5.74, 6) is -1.03. The first kappa shape index (κ1) is 17.7. The summed E-state index contributed by atoms with van der Waals surface area (Å²) in [6, 6.07) is 13.6. The van der Waals surface area contributed by atoms with E-state index in [0.717, 1.165) is 22.1 Å². The smallest absolute Gasteiger partial charge is 0.336 e. The van der Waals surface area contributed by atoms with Gasteiger partial charge in [-0.15, -0.1) is 0 Å². The molecule has 0 aliphatic carbocycles. The quantitative estimate of drug-likeness (QED) is 0.661. The van der Waals surface area contributed by atoms with Crippen molar-refractivity contribution in [1.82, 2.24) is 0 Å². The Balaban J connectivity index is 2.08. The van der Waals surface area contributed by atoms with Gasteiger partial charge in [0.25, 0.3) is 0 Å². The molecule has 6 nitrogen and oxygen atoms in total. The second-order valence-electron chi connectivity index (χ2n) is 6.00. The minimum Gasteiger partial charge on any atom is -0.480 e. The van der Waals surface area contributed by atoms with Crippen LogP contribution in [-0.4, -0.2) is 30.8 Å². The van der Waals surface area contributed by atoms with Crippen molar-refractivity contribution in [2.45, 2.75) is 13.0 Å². The van der Waals surface area contributed by atoms with Crippen LogP contribution in [0.1, 0.15) is 5.56 Å². The van der Waals surface area contributed by atoms with Crippen molar-refractivity contribution in [2.75, 3.05) is 19.0 Å². The number of rotatable bonds is 6.